The molecule has 3 aromatic carbocycles. The maximum atomic E-state index is 13.8. The van der Waals surface area contributed by atoms with E-state index in [0.717, 1.165) is 33.3 Å². The summed E-state index contributed by atoms with van der Waals surface area (Å²) in [6.07, 6.45) is 6.33. The smallest absolute Gasteiger partial charge is 0.247 e. The minimum Gasteiger partial charge on any atom is -0.497 e. The first-order valence-corrected chi connectivity index (χ1v) is 14.3. The minimum atomic E-state index is -1.02. The van der Waals surface area contributed by atoms with Gasteiger partial charge in [0.05, 0.1) is 34.0 Å². The third-order valence-corrected chi connectivity index (χ3v) is 7.84. The van der Waals surface area contributed by atoms with Crippen LogP contribution in [0.3, 0.4) is 0 Å². The van der Waals surface area contributed by atoms with E-state index in [1.807, 2.05) is 79.0 Å². The number of aromatic amines is 1. The number of rotatable bonds is 10. The van der Waals surface area contributed by atoms with Gasteiger partial charge in [0.1, 0.15) is 11.4 Å². The Bertz CT molecular complexity index is 1760. The van der Waals surface area contributed by atoms with Crippen LogP contribution in [0.4, 0.5) is 0 Å². The number of aliphatic hydroxyl groups is 1. The van der Waals surface area contributed by atoms with Crippen LogP contribution in [0.25, 0.3) is 10.9 Å². The lowest BCUT2D eigenvalue weighted by molar-refractivity contribution is -0.119. The van der Waals surface area contributed by atoms with Crippen LogP contribution in [-0.4, -0.2) is 57.1 Å². The molecule has 1 aliphatic rings. The maximum Gasteiger partial charge on any atom is 0.247 e. The first-order valence-electron chi connectivity index (χ1n) is 14.3. The Kier molecular flexibility index (Phi) is 9.39. The van der Waals surface area contributed by atoms with Gasteiger partial charge in [-0.05, 0) is 72.2 Å². The second-order valence-electron chi connectivity index (χ2n) is 10.5. The number of aromatic nitrogens is 1. The summed E-state index contributed by atoms with van der Waals surface area (Å²) in [5.74, 6) is 7.96. The molecule has 226 valence electrons. The van der Waals surface area contributed by atoms with Gasteiger partial charge in [0, 0.05) is 47.3 Å². The van der Waals surface area contributed by atoms with E-state index in [1.165, 1.54) is 0 Å². The zero-order valence-electron chi connectivity index (χ0n) is 25.3. The molecule has 0 fully saturated rings. The molecule has 0 bridgehead atoms. The fourth-order valence-electron chi connectivity index (χ4n) is 5.44. The van der Waals surface area contributed by atoms with Crippen LogP contribution in [-0.2, 0) is 21.6 Å². The number of nitrogens with one attached hydrogen (secondary N) is 2. The lowest BCUT2D eigenvalue weighted by Crippen LogP contribution is -2.42. The van der Waals surface area contributed by atoms with Crippen LogP contribution in [0.5, 0.6) is 17.2 Å². The van der Waals surface area contributed by atoms with Crippen LogP contribution in [0.2, 0.25) is 0 Å². The van der Waals surface area contributed by atoms with Gasteiger partial charge in [-0.15, -0.1) is 0 Å². The van der Waals surface area contributed by atoms with Gasteiger partial charge >= 0.3 is 0 Å². The molecular weight excluding hydrogens is 556 g/mol. The summed E-state index contributed by atoms with van der Waals surface area (Å²) in [7, 11) is 6.38. The summed E-state index contributed by atoms with van der Waals surface area (Å²) in [4.78, 5) is 17.1. The molecule has 5 rings (SSSR count). The van der Waals surface area contributed by atoms with E-state index >= 15 is 0 Å². The number of fused-ring (bicyclic) bond motifs is 1. The van der Waals surface area contributed by atoms with Gasteiger partial charge in [-0.1, -0.05) is 36.1 Å². The number of benzene rings is 3. The number of aliphatic hydroxyl groups excluding tert-OH is 1. The second-order valence-corrected chi connectivity index (χ2v) is 10.5. The zero-order valence-corrected chi connectivity index (χ0v) is 25.3. The normalized spacial score (nSPS) is 16.7. The minimum absolute atomic E-state index is 0.219. The van der Waals surface area contributed by atoms with Gasteiger partial charge in [-0.25, -0.2) is 0 Å². The Morgan fingerprint density at radius 1 is 0.977 bits per heavy atom. The van der Waals surface area contributed by atoms with E-state index in [1.54, 1.807) is 34.5 Å². The van der Waals surface area contributed by atoms with E-state index in [4.69, 9.17) is 18.9 Å². The molecule has 8 nitrogen and oxygen atoms in total. The van der Waals surface area contributed by atoms with Crippen molar-refractivity contribution in [2.75, 3.05) is 35.0 Å². The van der Waals surface area contributed by atoms with Gasteiger partial charge in [0.15, 0.2) is 11.5 Å². The van der Waals surface area contributed by atoms with Crippen molar-refractivity contribution < 1.29 is 28.8 Å². The second kappa shape index (κ2) is 13.6. The largest absolute Gasteiger partial charge is 0.497 e. The fraction of sp³-hybridized carbons (Fsp3) is 0.250. The molecule has 1 aliphatic carbocycles. The highest BCUT2D eigenvalue weighted by atomic mass is 16.5. The van der Waals surface area contributed by atoms with Gasteiger partial charge in [0.25, 0.3) is 0 Å². The van der Waals surface area contributed by atoms with Crippen molar-refractivity contribution in [2.45, 2.75) is 24.5 Å². The van der Waals surface area contributed by atoms with Crippen LogP contribution >= 0.6 is 0 Å². The summed E-state index contributed by atoms with van der Waals surface area (Å²) in [5, 5.41) is 14.3. The SMILES string of the molecule is COc1ccc(C#CC2=CC(OC)(c3ccc(OC)c(OC)c3)CC(C(=O)N[C@@H](CO)Cc3c[nH]c4ccccc34)=C2)cc1. The topological polar surface area (TPSA) is 102 Å². The number of hydrogen-bond acceptors (Lipinski definition) is 6. The monoisotopic (exact) mass is 592 g/mol. The average Bonchev–Trinajstić information content (AvgIpc) is 3.49. The summed E-state index contributed by atoms with van der Waals surface area (Å²) in [6, 6.07) is 20.5. The zero-order chi connectivity index (χ0) is 31.1. The predicted octanol–water partition coefficient (Wildman–Crippen LogP) is 5.06. The van der Waals surface area contributed by atoms with E-state index in [9.17, 15) is 9.90 Å². The van der Waals surface area contributed by atoms with E-state index in [-0.39, 0.29) is 18.9 Å². The lowest BCUT2D eigenvalue weighted by Gasteiger charge is -2.34. The van der Waals surface area contributed by atoms with Gasteiger partial charge in [0.2, 0.25) is 5.91 Å². The molecule has 1 aromatic heterocycles. The third kappa shape index (κ3) is 6.50. The summed E-state index contributed by atoms with van der Waals surface area (Å²) < 4.78 is 22.4. The molecule has 0 aliphatic heterocycles. The third-order valence-electron chi connectivity index (χ3n) is 7.84. The van der Waals surface area contributed by atoms with Gasteiger partial charge in [-0.3, -0.25) is 4.79 Å². The summed E-state index contributed by atoms with van der Waals surface area (Å²) in [5.41, 5.74) is 3.66. The number of H-pyrrole nitrogens is 1. The number of carbonyl (C=O) groups is 1. The van der Waals surface area contributed by atoms with Crippen molar-refractivity contribution >= 4 is 16.8 Å². The van der Waals surface area contributed by atoms with Crippen molar-refractivity contribution in [1.29, 1.82) is 0 Å². The summed E-state index contributed by atoms with van der Waals surface area (Å²) >= 11 is 0. The predicted molar refractivity (Wildman–Crippen MR) is 170 cm³/mol. The number of methoxy groups -OCH3 is 4. The molecule has 0 spiro atoms. The lowest BCUT2D eigenvalue weighted by atomic mass is 9.80. The molecule has 2 atom stereocenters. The summed E-state index contributed by atoms with van der Waals surface area (Å²) in [6.45, 7) is -0.219. The Labute approximate surface area is 257 Å². The molecule has 0 saturated heterocycles. The van der Waals surface area contributed by atoms with Crippen molar-refractivity contribution in [1.82, 2.24) is 10.3 Å². The molecule has 1 heterocycles. The molecule has 44 heavy (non-hydrogen) atoms. The number of allylic oxidation sites excluding steroid dienone is 2. The highest BCUT2D eigenvalue weighted by Gasteiger charge is 2.37. The Hall–Kier alpha value is -4.97. The molecule has 4 aromatic rings. The highest BCUT2D eigenvalue weighted by Crippen LogP contribution is 2.41. The molecule has 0 saturated carbocycles. The molecular formula is C36H36N2O6. The van der Waals surface area contributed by atoms with E-state index in [0.29, 0.717) is 29.1 Å². The van der Waals surface area contributed by atoms with Crippen molar-refractivity contribution in [3.05, 3.63) is 113 Å². The Morgan fingerprint density at radius 3 is 2.45 bits per heavy atom. The van der Waals surface area contributed by atoms with E-state index < -0.39 is 11.6 Å². The first-order chi connectivity index (χ1) is 21.4. The average molecular weight is 593 g/mol. The first kappa shape index (κ1) is 30.5. The van der Waals surface area contributed by atoms with Crippen LogP contribution in [0.15, 0.2) is 96.2 Å². The number of para-hydroxylation sites is 1. The van der Waals surface area contributed by atoms with Gasteiger partial charge < -0.3 is 34.4 Å². The number of hydrogen-bond donors (Lipinski definition) is 3. The highest BCUT2D eigenvalue weighted by molar-refractivity contribution is 5.95. The van der Waals surface area contributed by atoms with Crippen molar-refractivity contribution in [3.8, 4) is 29.1 Å². The Balaban J connectivity index is 1.48. The molecule has 8 heteroatoms. The standard InChI is InChI=1S/C36H36N2O6/c1-41-30-14-11-24(12-15-30)9-10-25-17-26(21-36(20-25,44-4)28-13-16-33(42-2)34(19-28)43-3)35(40)38-29(23-39)18-27-22-37-32-8-6-5-7-31(27)32/h5-8,11-17,19-20,22,29,37,39H,18,21,23H2,1-4H3,(H,38,40)/t29-,36?/m1/s1. The van der Waals surface area contributed by atoms with Crippen molar-refractivity contribution in [2.24, 2.45) is 0 Å². The van der Waals surface area contributed by atoms with Crippen LogP contribution in [0, 0.1) is 11.8 Å². The molecule has 1 unspecified atom stereocenters. The van der Waals surface area contributed by atoms with Crippen LogP contribution < -0.4 is 19.5 Å². The Morgan fingerprint density at radius 2 is 1.75 bits per heavy atom. The van der Waals surface area contributed by atoms with Gasteiger partial charge in [-0.2, -0.15) is 0 Å². The molecule has 1 amide bonds. The fourth-order valence-corrected chi connectivity index (χ4v) is 5.44. The van der Waals surface area contributed by atoms with Crippen molar-refractivity contribution in [3.63, 3.8) is 0 Å². The number of amides is 1. The molecule has 3 N–H and O–H groups in total. The quantitative estimate of drug-likeness (QED) is 0.223. The molecule has 0 radical (unpaired) electrons. The number of ether oxygens (including phenoxy) is 4. The maximum absolute atomic E-state index is 13.8. The number of carbonyl (C=O) groups excluding carboxylic acids is 1. The van der Waals surface area contributed by atoms with Crippen LogP contribution in [0.1, 0.15) is 23.1 Å². The van der Waals surface area contributed by atoms with E-state index in [2.05, 4.69) is 22.1 Å².